The maximum Gasteiger partial charge on any atom is 0.122 e. The summed E-state index contributed by atoms with van der Waals surface area (Å²) < 4.78 is 0. The van der Waals surface area contributed by atoms with E-state index in [0.29, 0.717) is 6.54 Å². The zero-order valence-electron chi connectivity index (χ0n) is 11.4. The van der Waals surface area contributed by atoms with Crippen molar-refractivity contribution in [1.29, 1.82) is 5.41 Å². The average Bonchev–Trinajstić information content (AvgIpc) is 2.44. The minimum atomic E-state index is 0.0794. The summed E-state index contributed by atoms with van der Waals surface area (Å²) in [4.78, 5) is 0. The lowest BCUT2D eigenvalue weighted by Crippen LogP contribution is -2.10. The first kappa shape index (κ1) is 13.7. The van der Waals surface area contributed by atoms with Crippen molar-refractivity contribution in [3.05, 3.63) is 65.2 Å². The third-order valence-electron chi connectivity index (χ3n) is 2.83. The topological polar surface area (TPSA) is 61.9 Å². The van der Waals surface area contributed by atoms with Crippen LogP contribution in [0.4, 0.5) is 5.69 Å². The fourth-order valence-corrected chi connectivity index (χ4v) is 1.78. The van der Waals surface area contributed by atoms with Gasteiger partial charge in [-0.2, -0.15) is 0 Å². The van der Waals surface area contributed by atoms with Crippen LogP contribution in [0.2, 0.25) is 0 Å². The van der Waals surface area contributed by atoms with Gasteiger partial charge in [0.2, 0.25) is 0 Å². The predicted molar refractivity (Wildman–Crippen MR) is 84.0 cm³/mol. The molecule has 0 saturated carbocycles. The van der Waals surface area contributed by atoms with Gasteiger partial charge in [-0.1, -0.05) is 24.0 Å². The van der Waals surface area contributed by atoms with Crippen molar-refractivity contribution in [3.8, 4) is 11.8 Å². The second-order valence-corrected chi connectivity index (χ2v) is 4.52. The zero-order chi connectivity index (χ0) is 14.4. The van der Waals surface area contributed by atoms with Crippen molar-refractivity contribution < 1.29 is 0 Å². The van der Waals surface area contributed by atoms with Crippen LogP contribution in [0.15, 0.2) is 48.5 Å². The van der Waals surface area contributed by atoms with Crippen molar-refractivity contribution in [2.75, 3.05) is 11.9 Å². The molecule has 0 aliphatic heterocycles. The summed E-state index contributed by atoms with van der Waals surface area (Å²) in [6, 6.07) is 15.6. The van der Waals surface area contributed by atoms with Gasteiger partial charge >= 0.3 is 0 Å². The fourth-order valence-electron chi connectivity index (χ4n) is 1.78. The summed E-state index contributed by atoms with van der Waals surface area (Å²) in [7, 11) is 0. The number of aryl methyl sites for hydroxylation is 1. The van der Waals surface area contributed by atoms with Crippen molar-refractivity contribution in [1.82, 2.24) is 0 Å². The molecule has 100 valence electrons. The van der Waals surface area contributed by atoms with Gasteiger partial charge in [0.25, 0.3) is 0 Å². The molecule has 0 aromatic heterocycles. The fraction of sp³-hybridized carbons (Fsp3) is 0.118. The van der Waals surface area contributed by atoms with Gasteiger partial charge in [0.1, 0.15) is 5.84 Å². The van der Waals surface area contributed by atoms with E-state index in [9.17, 15) is 0 Å². The molecule has 0 saturated heterocycles. The van der Waals surface area contributed by atoms with E-state index < -0.39 is 0 Å². The second kappa shape index (κ2) is 6.44. The molecule has 2 aromatic carbocycles. The lowest BCUT2D eigenvalue weighted by atomic mass is 10.1. The molecule has 2 aromatic rings. The molecule has 0 aliphatic carbocycles. The summed E-state index contributed by atoms with van der Waals surface area (Å²) in [5, 5.41) is 10.5. The van der Waals surface area contributed by atoms with Crippen LogP contribution >= 0.6 is 0 Å². The van der Waals surface area contributed by atoms with Crippen LogP contribution in [0.5, 0.6) is 0 Å². The third-order valence-corrected chi connectivity index (χ3v) is 2.83. The largest absolute Gasteiger partial charge is 0.384 e. The molecule has 3 nitrogen and oxygen atoms in total. The van der Waals surface area contributed by atoms with E-state index >= 15 is 0 Å². The molecule has 0 spiro atoms. The number of benzene rings is 2. The first-order chi connectivity index (χ1) is 9.65. The smallest absolute Gasteiger partial charge is 0.122 e. The highest BCUT2D eigenvalue weighted by atomic mass is 14.8. The van der Waals surface area contributed by atoms with E-state index in [0.717, 1.165) is 16.8 Å². The molecular formula is C17H17N3. The minimum absolute atomic E-state index is 0.0794. The van der Waals surface area contributed by atoms with Gasteiger partial charge in [-0.3, -0.25) is 5.41 Å². The maximum atomic E-state index is 7.32. The van der Waals surface area contributed by atoms with Gasteiger partial charge in [-0.25, -0.2) is 0 Å². The number of nitrogens with two attached hydrogens (primary N) is 1. The second-order valence-electron chi connectivity index (χ2n) is 4.52. The number of hydrogen-bond donors (Lipinski definition) is 3. The summed E-state index contributed by atoms with van der Waals surface area (Å²) in [5.74, 6) is 6.28. The zero-order valence-corrected chi connectivity index (χ0v) is 11.4. The van der Waals surface area contributed by atoms with Crippen molar-refractivity contribution in [2.45, 2.75) is 6.92 Å². The van der Waals surface area contributed by atoms with Gasteiger partial charge in [-0.15, -0.1) is 0 Å². The van der Waals surface area contributed by atoms with Crippen LogP contribution in [0.3, 0.4) is 0 Å². The highest BCUT2D eigenvalue weighted by molar-refractivity contribution is 5.95. The molecular weight excluding hydrogens is 246 g/mol. The SMILES string of the molecule is Cc1cccc(C#CCNc2ccc(C(=N)N)cc2)c1. The van der Waals surface area contributed by atoms with Crippen molar-refractivity contribution in [3.63, 3.8) is 0 Å². The van der Waals surface area contributed by atoms with Crippen LogP contribution in [-0.2, 0) is 0 Å². The van der Waals surface area contributed by atoms with Crippen LogP contribution in [0.25, 0.3) is 0 Å². The normalized spacial score (nSPS) is 9.45. The van der Waals surface area contributed by atoms with Gasteiger partial charge < -0.3 is 11.1 Å². The van der Waals surface area contributed by atoms with Crippen LogP contribution < -0.4 is 11.1 Å². The summed E-state index contributed by atoms with van der Waals surface area (Å²) in [6.07, 6.45) is 0. The Morgan fingerprint density at radius 3 is 2.60 bits per heavy atom. The highest BCUT2D eigenvalue weighted by Crippen LogP contribution is 2.08. The minimum Gasteiger partial charge on any atom is -0.384 e. The summed E-state index contributed by atoms with van der Waals surface area (Å²) >= 11 is 0. The van der Waals surface area contributed by atoms with Crippen LogP contribution in [0.1, 0.15) is 16.7 Å². The van der Waals surface area contributed by atoms with E-state index in [1.165, 1.54) is 5.56 Å². The molecule has 4 N–H and O–H groups in total. The Labute approximate surface area is 119 Å². The molecule has 0 radical (unpaired) electrons. The Morgan fingerprint density at radius 2 is 1.95 bits per heavy atom. The van der Waals surface area contributed by atoms with E-state index in [-0.39, 0.29) is 5.84 Å². The quantitative estimate of drug-likeness (QED) is 0.453. The molecule has 0 amide bonds. The number of anilines is 1. The Hall–Kier alpha value is -2.73. The van der Waals surface area contributed by atoms with E-state index in [1.807, 2.05) is 36.4 Å². The van der Waals surface area contributed by atoms with E-state index in [1.54, 1.807) is 0 Å². The highest BCUT2D eigenvalue weighted by Gasteiger charge is 1.95. The molecule has 0 heterocycles. The van der Waals surface area contributed by atoms with E-state index in [2.05, 4.69) is 36.2 Å². The van der Waals surface area contributed by atoms with Crippen molar-refractivity contribution >= 4 is 11.5 Å². The average molecular weight is 263 g/mol. The Bertz CT molecular complexity index is 661. The van der Waals surface area contributed by atoms with Crippen molar-refractivity contribution in [2.24, 2.45) is 5.73 Å². The first-order valence-corrected chi connectivity index (χ1v) is 6.39. The lowest BCUT2D eigenvalue weighted by molar-refractivity contribution is 1.36. The molecule has 0 unspecified atom stereocenters. The van der Waals surface area contributed by atoms with Gasteiger partial charge in [0.15, 0.2) is 0 Å². The molecule has 2 rings (SSSR count). The molecule has 0 bridgehead atoms. The summed E-state index contributed by atoms with van der Waals surface area (Å²) in [6.45, 7) is 2.63. The number of amidine groups is 1. The Kier molecular flexibility index (Phi) is 4.41. The monoisotopic (exact) mass is 263 g/mol. The predicted octanol–water partition coefficient (Wildman–Crippen LogP) is 2.74. The number of hydrogen-bond acceptors (Lipinski definition) is 2. The first-order valence-electron chi connectivity index (χ1n) is 6.39. The molecule has 3 heteroatoms. The molecule has 0 fully saturated rings. The molecule has 20 heavy (non-hydrogen) atoms. The van der Waals surface area contributed by atoms with Crippen LogP contribution in [0, 0.1) is 24.2 Å². The third kappa shape index (κ3) is 3.89. The molecule has 0 atom stereocenters. The Morgan fingerprint density at radius 1 is 1.20 bits per heavy atom. The number of nitrogen functional groups attached to an aromatic ring is 1. The lowest BCUT2D eigenvalue weighted by Gasteiger charge is -2.03. The van der Waals surface area contributed by atoms with Gasteiger partial charge in [0, 0.05) is 16.8 Å². The standard InChI is InChI=1S/C17H17N3/c1-13-4-2-5-14(12-13)6-3-11-20-16-9-7-15(8-10-16)17(18)19/h2,4-5,7-10,12,20H,11H2,1H3,(H3,18,19). The Balaban J connectivity index is 1.92. The molecule has 0 aliphatic rings. The van der Waals surface area contributed by atoms with Gasteiger partial charge in [-0.05, 0) is 48.9 Å². The van der Waals surface area contributed by atoms with Gasteiger partial charge in [0.05, 0.1) is 6.54 Å². The van der Waals surface area contributed by atoms with Crippen LogP contribution in [-0.4, -0.2) is 12.4 Å². The van der Waals surface area contributed by atoms with E-state index in [4.69, 9.17) is 11.1 Å². The number of rotatable bonds is 3. The number of nitrogens with one attached hydrogen (secondary N) is 2. The maximum absolute atomic E-state index is 7.32. The summed E-state index contributed by atoms with van der Waals surface area (Å²) in [5.41, 5.74) is 9.33.